The third kappa shape index (κ3) is 6.42. The number of benzene rings is 2. The van der Waals surface area contributed by atoms with Gasteiger partial charge in [0.15, 0.2) is 0 Å². The van der Waals surface area contributed by atoms with Gasteiger partial charge >= 0.3 is 0 Å². The predicted molar refractivity (Wildman–Crippen MR) is 97.5 cm³/mol. The van der Waals surface area contributed by atoms with E-state index in [-0.39, 0.29) is 5.91 Å². The summed E-state index contributed by atoms with van der Waals surface area (Å²) in [5.41, 5.74) is 4.43. The third-order valence-corrected chi connectivity index (χ3v) is 3.59. The van der Waals surface area contributed by atoms with Gasteiger partial charge in [-0.1, -0.05) is 49.2 Å². The molecule has 5 heteroatoms. The van der Waals surface area contributed by atoms with Gasteiger partial charge in [-0.2, -0.15) is 5.10 Å². The molecule has 126 valence electrons. The Morgan fingerprint density at radius 3 is 2.79 bits per heavy atom. The summed E-state index contributed by atoms with van der Waals surface area (Å²) in [6, 6.07) is 15.1. The van der Waals surface area contributed by atoms with Crippen molar-refractivity contribution in [2.75, 3.05) is 0 Å². The highest BCUT2D eigenvalue weighted by Gasteiger charge is 1.99. The van der Waals surface area contributed by atoms with E-state index in [4.69, 9.17) is 16.3 Å². The molecule has 2 aromatic rings. The van der Waals surface area contributed by atoms with Crippen molar-refractivity contribution in [3.63, 3.8) is 0 Å². The minimum atomic E-state index is -0.0664. The van der Waals surface area contributed by atoms with E-state index >= 15 is 0 Å². The Labute approximate surface area is 147 Å². The van der Waals surface area contributed by atoms with Gasteiger partial charge < -0.3 is 4.74 Å². The fraction of sp³-hybridized carbons (Fsp3) is 0.263. The van der Waals surface area contributed by atoms with E-state index in [9.17, 15) is 4.79 Å². The first kappa shape index (κ1) is 18.0. The molecule has 2 rings (SSSR count). The largest absolute Gasteiger partial charge is 0.489 e. The van der Waals surface area contributed by atoms with Crippen LogP contribution in [0.15, 0.2) is 53.6 Å². The number of ether oxygens (including phenoxy) is 1. The molecule has 0 heterocycles. The van der Waals surface area contributed by atoms with Crippen LogP contribution in [-0.2, 0) is 11.4 Å². The predicted octanol–water partition coefficient (Wildman–Crippen LogP) is 4.56. The lowest BCUT2D eigenvalue weighted by atomic mass is 10.2. The number of hydrazone groups is 1. The quantitative estimate of drug-likeness (QED) is 0.563. The van der Waals surface area contributed by atoms with Gasteiger partial charge in [-0.3, -0.25) is 4.79 Å². The maximum atomic E-state index is 11.5. The molecule has 0 bridgehead atoms. The summed E-state index contributed by atoms with van der Waals surface area (Å²) in [6.07, 6.45) is 3.97. The van der Waals surface area contributed by atoms with Crippen molar-refractivity contribution in [3.8, 4) is 5.75 Å². The zero-order chi connectivity index (χ0) is 17.2. The van der Waals surface area contributed by atoms with Crippen molar-refractivity contribution in [2.45, 2.75) is 32.8 Å². The standard InChI is InChI=1S/C19H21ClN2O2/c1-2-3-7-19(23)22-21-13-16-5-4-6-18(12-16)24-14-15-8-10-17(20)11-9-15/h4-6,8-13H,2-3,7,14H2,1H3,(H,22,23)/b21-13+. The number of amides is 1. The maximum Gasteiger partial charge on any atom is 0.240 e. The zero-order valence-corrected chi connectivity index (χ0v) is 14.4. The molecule has 0 aliphatic carbocycles. The Morgan fingerprint density at radius 1 is 1.25 bits per heavy atom. The lowest BCUT2D eigenvalue weighted by Crippen LogP contribution is -2.16. The van der Waals surface area contributed by atoms with Gasteiger partial charge in [0.05, 0.1) is 6.21 Å². The van der Waals surface area contributed by atoms with Crippen molar-refractivity contribution in [1.29, 1.82) is 0 Å². The summed E-state index contributed by atoms with van der Waals surface area (Å²) >= 11 is 5.86. The fourth-order valence-corrected chi connectivity index (χ4v) is 2.13. The number of hydrogen-bond donors (Lipinski definition) is 1. The molecule has 0 radical (unpaired) electrons. The Hall–Kier alpha value is -2.33. The van der Waals surface area contributed by atoms with Crippen LogP contribution in [0.3, 0.4) is 0 Å². The van der Waals surface area contributed by atoms with Crippen LogP contribution in [0.4, 0.5) is 0 Å². The van der Waals surface area contributed by atoms with E-state index in [0.717, 1.165) is 29.7 Å². The Balaban J connectivity index is 1.86. The summed E-state index contributed by atoms with van der Waals surface area (Å²) in [6.45, 7) is 2.51. The van der Waals surface area contributed by atoms with Gasteiger partial charge in [0.1, 0.15) is 12.4 Å². The number of nitrogens with zero attached hydrogens (tertiary/aromatic N) is 1. The number of halogens is 1. The number of nitrogens with one attached hydrogen (secondary N) is 1. The normalized spacial score (nSPS) is 10.8. The number of carbonyl (C=O) groups excluding carboxylic acids is 1. The highest BCUT2D eigenvalue weighted by Crippen LogP contribution is 2.15. The molecule has 0 saturated heterocycles. The van der Waals surface area contributed by atoms with Gasteiger partial charge in [-0.25, -0.2) is 5.43 Å². The van der Waals surface area contributed by atoms with Crippen molar-refractivity contribution in [1.82, 2.24) is 5.43 Å². The lowest BCUT2D eigenvalue weighted by Gasteiger charge is -2.07. The first-order chi connectivity index (χ1) is 11.7. The van der Waals surface area contributed by atoms with E-state index in [2.05, 4.69) is 10.5 Å². The van der Waals surface area contributed by atoms with Gasteiger partial charge in [-0.15, -0.1) is 0 Å². The molecule has 0 atom stereocenters. The molecular weight excluding hydrogens is 324 g/mol. The molecule has 4 nitrogen and oxygen atoms in total. The maximum absolute atomic E-state index is 11.5. The van der Waals surface area contributed by atoms with Crippen LogP contribution < -0.4 is 10.2 Å². The second-order valence-electron chi connectivity index (χ2n) is 5.38. The number of unbranched alkanes of at least 4 members (excludes halogenated alkanes) is 1. The summed E-state index contributed by atoms with van der Waals surface area (Å²) in [5.74, 6) is 0.675. The summed E-state index contributed by atoms with van der Waals surface area (Å²) in [4.78, 5) is 11.5. The molecule has 24 heavy (non-hydrogen) atoms. The van der Waals surface area contributed by atoms with E-state index in [1.807, 2.05) is 55.5 Å². The van der Waals surface area contributed by atoms with Crippen LogP contribution >= 0.6 is 11.6 Å². The van der Waals surface area contributed by atoms with Crippen LogP contribution in [0.1, 0.15) is 37.3 Å². The summed E-state index contributed by atoms with van der Waals surface area (Å²) in [7, 11) is 0. The van der Waals surface area contributed by atoms with Crippen molar-refractivity contribution in [3.05, 3.63) is 64.7 Å². The second kappa shape index (κ2) is 9.73. The molecule has 0 aromatic heterocycles. The van der Waals surface area contributed by atoms with Crippen LogP contribution in [-0.4, -0.2) is 12.1 Å². The van der Waals surface area contributed by atoms with Gasteiger partial charge in [0.2, 0.25) is 5.91 Å². The topological polar surface area (TPSA) is 50.7 Å². The first-order valence-corrected chi connectivity index (χ1v) is 8.34. The second-order valence-corrected chi connectivity index (χ2v) is 5.82. The first-order valence-electron chi connectivity index (χ1n) is 7.96. The van der Waals surface area contributed by atoms with Crippen molar-refractivity contribution < 1.29 is 9.53 Å². The molecule has 0 aliphatic rings. The highest BCUT2D eigenvalue weighted by atomic mass is 35.5. The molecule has 0 spiro atoms. The SMILES string of the molecule is CCCCC(=O)N/N=C/c1cccc(OCc2ccc(Cl)cc2)c1. The van der Waals surface area contributed by atoms with Gasteiger partial charge in [0, 0.05) is 11.4 Å². The Bertz CT molecular complexity index is 684. The minimum absolute atomic E-state index is 0.0664. The average molecular weight is 345 g/mol. The van der Waals surface area contributed by atoms with Crippen LogP contribution in [0.5, 0.6) is 5.75 Å². The van der Waals surface area contributed by atoms with Gasteiger partial charge in [-0.05, 0) is 41.8 Å². The van der Waals surface area contributed by atoms with Gasteiger partial charge in [0.25, 0.3) is 0 Å². The molecule has 0 aliphatic heterocycles. The molecule has 0 saturated carbocycles. The Kier molecular flexibility index (Phi) is 7.30. The zero-order valence-electron chi connectivity index (χ0n) is 13.7. The van der Waals surface area contributed by atoms with E-state index < -0.39 is 0 Å². The van der Waals surface area contributed by atoms with Crippen LogP contribution in [0.2, 0.25) is 5.02 Å². The number of carbonyl (C=O) groups is 1. The summed E-state index contributed by atoms with van der Waals surface area (Å²) in [5, 5.41) is 4.68. The molecule has 0 unspecified atom stereocenters. The molecule has 1 amide bonds. The van der Waals surface area contributed by atoms with Crippen molar-refractivity contribution >= 4 is 23.7 Å². The van der Waals surface area contributed by atoms with Crippen molar-refractivity contribution in [2.24, 2.45) is 5.10 Å². The molecule has 2 aromatic carbocycles. The fourth-order valence-electron chi connectivity index (χ4n) is 2.00. The monoisotopic (exact) mass is 344 g/mol. The van der Waals surface area contributed by atoms with E-state index in [1.165, 1.54) is 0 Å². The summed E-state index contributed by atoms with van der Waals surface area (Å²) < 4.78 is 5.76. The van der Waals surface area contributed by atoms with Crippen LogP contribution in [0, 0.1) is 0 Å². The third-order valence-electron chi connectivity index (χ3n) is 3.34. The van der Waals surface area contributed by atoms with Crippen LogP contribution in [0.25, 0.3) is 0 Å². The Morgan fingerprint density at radius 2 is 2.04 bits per heavy atom. The minimum Gasteiger partial charge on any atom is -0.489 e. The smallest absolute Gasteiger partial charge is 0.240 e. The van der Waals surface area contributed by atoms with E-state index in [0.29, 0.717) is 18.1 Å². The number of hydrogen-bond acceptors (Lipinski definition) is 3. The molecule has 1 N–H and O–H groups in total. The molecular formula is C19H21ClN2O2. The number of rotatable bonds is 8. The van der Waals surface area contributed by atoms with E-state index in [1.54, 1.807) is 6.21 Å². The highest BCUT2D eigenvalue weighted by molar-refractivity contribution is 6.30. The lowest BCUT2D eigenvalue weighted by molar-refractivity contribution is -0.121. The molecule has 0 fully saturated rings. The average Bonchev–Trinajstić information content (AvgIpc) is 2.60.